The number of nitrogens with zero attached hydrogens (tertiary/aromatic N) is 1. The van der Waals surface area contributed by atoms with Gasteiger partial charge >= 0.3 is 11.5 Å². The highest BCUT2D eigenvalue weighted by Crippen LogP contribution is 2.45. The van der Waals surface area contributed by atoms with Crippen LogP contribution in [0, 0.1) is 10.1 Å². The number of allylic oxidation sites excluding steroid dienone is 3. The summed E-state index contributed by atoms with van der Waals surface area (Å²) in [5.74, 6) is -1.75. The summed E-state index contributed by atoms with van der Waals surface area (Å²) >= 11 is 0. The van der Waals surface area contributed by atoms with Gasteiger partial charge in [-0.2, -0.15) is 0 Å². The van der Waals surface area contributed by atoms with Crippen molar-refractivity contribution in [3.05, 3.63) is 76.1 Å². The van der Waals surface area contributed by atoms with Gasteiger partial charge in [-0.05, 0) is 29.7 Å². The van der Waals surface area contributed by atoms with Crippen LogP contribution < -0.4 is 0 Å². The molecular formula is C19H23NO6. The first-order valence-corrected chi connectivity index (χ1v) is 8.04. The summed E-state index contributed by atoms with van der Waals surface area (Å²) in [7, 11) is 3.94. The molecule has 7 nitrogen and oxygen atoms in total. The second-order valence-corrected chi connectivity index (χ2v) is 5.57. The van der Waals surface area contributed by atoms with Crippen molar-refractivity contribution < 1.29 is 23.9 Å². The lowest BCUT2D eigenvalue weighted by Crippen LogP contribution is -2.64. The van der Waals surface area contributed by atoms with E-state index in [1.165, 1.54) is 27.4 Å². The average Bonchev–Trinajstić information content (AvgIpc) is 2.67. The van der Waals surface area contributed by atoms with Crippen molar-refractivity contribution >= 4 is 5.57 Å². The van der Waals surface area contributed by atoms with E-state index in [1.807, 2.05) is 30.3 Å². The zero-order valence-electron chi connectivity index (χ0n) is 15.4. The number of nitro groups is 1. The van der Waals surface area contributed by atoms with Gasteiger partial charge in [-0.3, -0.25) is 10.1 Å². The zero-order chi connectivity index (χ0) is 19.4. The summed E-state index contributed by atoms with van der Waals surface area (Å²) in [6.07, 6.45) is 2.97. The quantitative estimate of drug-likeness (QED) is 0.402. The summed E-state index contributed by atoms with van der Waals surface area (Å²) in [5, 5.41) is 12.1. The Kier molecular flexibility index (Phi) is 5.97. The molecule has 0 bridgehead atoms. The van der Waals surface area contributed by atoms with Gasteiger partial charge < -0.3 is 18.9 Å². The molecule has 1 aliphatic rings. The molecule has 0 amide bonds. The molecule has 0 saturated heterocycles. The smallest absolute Gasteiger partial charge is 0.407 e. The van der Waals surface area contributed by atoms with Crippen LogP contribution >= 0.6 is 0 Å². The second-order valence-electron chi connectivity index (χ2n) is 5.57. The zero-order valence-corrected chi connectivity index (χ0v) is 15.4. The third kappa shape index (κ3) is 2.94. The number of ether oxygens (including phenoxy) is 4. The van der Waals surface area contributed by atoms with Crippen molar-refractivity contribution in [3.8, 4) is 0 Å². The lowest BCUT2D eigenvalue weighted by Gasteiger charge is -2.41. The summed E-state index contributed by atoms with van der Waals surface area (Å²) in [5.41, 5.74) is -0.256. The molecule has 0 spiro atoms. The molecule has 26 heavy (non-hydrogen) atoms. The highest BCUT2D eigenvalue weighted by Gasteiger charge is 2.69. The normalized spacial score (nSPS) is 25.2. The van der Waals surface area contributed by atoms with Crippen molar-refractivity contribution in [1.82, 2.24) is 0 Å². The Morgan fingerprint density at radius 3 is 2.31 bits per heavy atom. The Morgan fingerprint density at radius 1 is 1.19 bits per heavy atom. The minimum atomic E-state index is -2.15. The fourth-order valence-corrected chi connectivity index (χ4v) is 3.06. The van der Waals surface area contributed by atoms with Crippen LogP contribution in [0.5, 0.6) is 0 Å². The lowest BCUT2D eigenvalue weighted by molar-refractivity contribution is -0.653. The molecule has 0 heterocycles. The van der Waals surface area contributed by atoms with E-state index in [0.29, 0.717) is 11.1 Å². The minimum Gasteiger partial charge on any atom is -0.495 e. The third-order valence-electron chi connectivity index (χ3n) is 4.34. The maximum atomic E-state index is 12.1. The number of hydrogen-bond donors (Lipinski definition) is 0. The van der Waals surface area contributed by atoms with E-state index in [4.69, 9.17) is 18.9 Å². The van der Waals surface area contributed by atoms with Gasteiger partial charge in [0.15, 0.2) is 5.76 Å². The average molecular weight is 361 g/mol. The van der Waals surface area contributed by atoms with Gasteiger partial charge in [-0.15, -0.1) is 0 Å². The summed E-state index contributed by atoms with van der Waals surface area (Å²) in [6.45, 7) is 5.92. The maximum Gasteiger partial charge on any atom is 0.407 e. The number of hydrogen-bond acceptors (Lipinski definition) is 6. The van der Waals surface area contributed by atoms with Gasteiger partial charge in [0.25, 0.3) is 0 Å². The van der Waals surface area contributed by atoms with Gasteiger partial charge in [0.2, 0.25) is 0 Å². The van der Waals surface area contributed by atoms with Crippen LogP contribution in [0.1, 0.15) is 12.5 Å². The first kappa shape index (κ1) is 19.8. The third-order valence-corrected chi connectivity index (χ3v) is 4.34. The first-order valence-electron chi connectivity index (χ1n) is 8.04. The molecule has 0 saturated carbocycles. The van der Waals surface area contributed by atoms with Crippen LogP contribution in [-0.2, 0) is 18.9 Å². The molecule has 7 heteroatoms. The molecule has 0 fully saturated rings. The molecule has 0 N–H and O–H groups in total. The fraction of sp³-hybridized carbons (Fsp3) is 0.368. The van der Waals surface area contributed by atoms with Crippen molar-refractivity contribution in [2.45, 2.75) is 18.4 Å². The largest absolute Gasteiger partial charge is 0.495 e. The Labute approximate surface area is 152 Å². The van der Waals surface area contributed by atoms with Crippen molar-refractivity contribution in [2.75, 3.05) is 27.9 Å². The standard InChI is InChI=1S/C19H23NO6/c1-6-26-19(25-5)17(23-3)12-16(13-18(19,24-4)20(21)22)14(2)15-10-8-7-9-11-15/h7-13H,2,6H2,1,3-5H3. The molecule has 2 rings (SSSR count). The van der Waals surface area contributed by atoms with Gasteiger partial charge in [0.05, 0.1) is 12.0 Å². The van der Waals surface area contributed by atoms with Gasteiger partial charge in [-0.1, -0.05) is 36.9 Å². The van der Waals surface area contributed by atoms with Crippen molar-refractivity contribution in [1.29, 1.82) is 0 Å². The Morgan fingerprint density at radius 2 is 1.85 bits per heavy atom. The van der Waals surface area contributed by atoms with Gasteiger partial charge in [0.1, 0.15) is 0 Å². The minimum absolute atomic E-state index is 0.120. The van der Waals surface area contributed by atoms with Crippen LogP contribution in [-0.4, -0.2) is 44.4 Å². The first-order chi connectivity index (χ1) is 12.4. The lowest BCUT2D eigenvalue weighted by atomic mass is 9.86. The van der Waals surface area contributed by atoms with Crippen molar-refractivity contribution in [2.24, 2.45) is 0 Å². The van der Waals surface area contributed by atoms with E-state index in [0.717, 1.165) is 5.56 Å². The van der Waals surface area contributed by atoms with E-state index >= 15 is 0 Å². The molecule has 140 valence electrons. The van der Waals surface area contributed by atoms with E-state index in [-0.39, 0.29) is 12.4 Å². The van der Waals surface area contributed by atoms with Crippen LogP contribution in [0.15, 0.2) is 60.4 Å². The Balaban J connectivity index is 2.70. The summed E-state index contributed by atoms with van der Waals surface area (Å²) < 4.78 is 21.9. The predicted molar refractivity (Wildman–Crippen MR) is 96.8 cm³/mol. The summed E-state index contributed by atoms with van der Waals surface area (Å²) in [4.78, 5) is 11.5. The molecule has 0 aliphatic heterocycles. The maximum absolute atomic E-state index is 12.1. The van der Waals surface area contributed by atoms with Crippen molar-refractivity contribution in [3.63, 3.8) is 0 Å². The SMILES string of the molecule is C=C(C1=CC(OC)([N+](=O)[O-])C(OC)(OCC)C(OC)=C1)c1ccccc1. The van der Waals surface area contributed by atoms with E-state index in [9.17, 15) is 10.1 Å². The van der Waals surface area contributed by atoms with Gasteiger partial charge in [0, 0.05) is 26.9 Å². The Bertz CT molecular complexity index is 742. The molecule has 0 aromatic heterocycles. The molecular weight excluding hydrogens is 338 g/mol. The molecule has 2 unspecified atom stereocenters. The van der Waals surface area contributed by atoms with Crippen LogP contribution in [0.3, 0.4) is 0 Å². The molecule has 0 radical (unpaired) electrons. The predicted octanol–water partition coefficient (Wildman–Crippen LogP) is 3.17. The van der Waals surface area contributed by atoms with Crippen LogP contribution in [0.2, 0.25) is 0 Å². The molecule has 1 aromatic rings. The summed E-state index contributed by atoms with van der Waals surface area (Å²) in [6, 6.07) is 9.34. The highest BCUT2D eigenvalue weighted by molar-refractivity contribution is 5.81. The highest BCUT2D eigenvalue weighted by atomic mass is 16.8. The number of methoxy groups -OCH3 is 3. The van der Waals surface area contributed by atoms with Crippen LogP contribution in [0.25, 0.3) is 5.57 Å². The number of benzene rings is 1. The van der Waals surface area contributed by atoms with Gasteiger partial charge in [-0.25, -0.2) is 0 Å². The fourth-order valence-electron chi connectivity index (χ4n) is 3.06. The van der Waals surface area contributed by atoms with E-state index in [2.05, 4.69) is 6.58 Å². The Hall–Kier alpha value is -2.48. The van der Waals surface area contributed by atoms with Crippen LogP contribution in [0.4, 0.5) is 0 Å². The van der Waals surface area contributed by atoms with E-state index < -0.39 is 16.4 Å². The van der Waals surface area contributed by atoms with E-state index in [1.54, 1.807) is 13.0 Å². The monoisotopic (exact) mass is 361 g/mol. The second kappa shape index (κ2) is 7.82. The molecule has 1 aromatic carbocycles. The molecule has 1 aliphatic carbocycles. The number of rotatable bonds is 8. The molecule has 2 atom stereocenters. The topological polar surface area (TPSA) is 80.1 Å².